The topological polar surface area (TPSA) is 79.6 Å². The highest BCUT2D eigenvalue weighted by Gasteiger charge is 2.33. The van der Waals surface area contributed by atoms with E-state index in [1.165, 1.54) is 24.0 Å². The molecule has 5 aromatic rings. The van der Waals surface area contributed by atoms with Gasteiger partial charge in [-0.2, -0.15) is 18.3 Å². The number of amides is 2. The largest absolute Gasteiger partial charge is 0.416 e. The SMILES string of the molecule is Cc1ccc(C(=O)Nc2cccc(-c3ccnc4c(-c5cccc(C(=O)N(C)C)c5)cnn34)c2)cc1C(F)(F)F. The lowest BCUT2D eigenvalue weighted by molar-refractivity contribution is -0.138. The second kappa shape index (κ2) is 10.3. The minimum atomic E-state index is -4.56. The van der Waals surface area contributed by atoms with Crippen molar-refractivity contribution in [3.63, 3.8) is 0 Å². The first kappa shape index (κ1) is 26.6. The van der Waals surface area contributed by atoms with Crippen LogP contribution >= 0.6 is 0 Å². The zero-order chi connectivity index (χ0) is 28.6. The number of aromatic nitrogens is 3. The second-order valence-electron chi connectivity index (χ2n) is 9.47. The van der Waals surface area contributed by atoms with E-state index in [-0.39, 0.29) is 17.0 Å². The monoisotopic (exact) mass is 543 g/mol. The van der Waals surface area contributed by atoms with Gasteiger partial charge in [0.05, 0.1) is 17.5 Å². The number of nitrogens with zero attached hydrogens (tertiary/aromatic N) is 4. The molecular formula is C30H24F3N5O2. The molecule has 2 heterocycles. The third-order valence-corrected chi connectivity index (χ3v) is 6.45. The summed E-state index contributed by atoms with van der Waals surface area (Å²) in [4.78, 5) is 31.3. The summed E-state index contributed by atoms with van der Waals surface area (Å²) < 4.78 is 41.6. The molecule has 7 nitrogen and oxygen atoms in total. The number of alkyl halides is 3. The number of carbonyl (C=O) groups is 2. The van der Waals surface area contributed by atoms with Crippen molar-refractivity contribution < 1.29 is 22.8 Å². The van der Waals surface area contributed by atoms with Gasteiger partial charge >= 0.3 is 6.18 Å². The summed E-state index contributed by atoms with van der Waals surface area (Å²) in [6, 6.07) is 19.4. The van der Waals surface area contributed by atoms with E-state index in [1.807, 2.05) is 12.1 Å². The van der Waals surface area contributed by atoms with Crippen molar-refractivity contribution in [2.24, 2.45) is 0 Å². The standard InChI is InChI=1S/C30H24F3N5O2/c1-18-10-11-21(16-25(18)30(31,32)33)28(39)36-23-9-5-7-20(15-23)26-12-13-34-27-24(17-35-38(26)27)19-6-4-8-22(14-19)29(40)37(2)3/h4-17H,1-3H3,(H,36,39). The predicted molar refractivity (Wildman–Crippen MR) is 146 cm³/mol. The van der Waals surface area contributed by atoms with Gasteiger partial charge in [-0.1, -0.05) is 30.3 Å². The molecule has 0 bridgehead atoms. The fourth-order valence-electron chi connectivity index (χ4n) is 4.42. The number of benzene rings is 3. The van der Waals surface area contributed by atoms with E-state index >= 15 is 0 Å². The van der Waals surface area contributed by atoms with E-state index in [0.717, 1.165) is 17.2 Å². The molecule has 0 fully saturated rings. The number of hydrogen-bond donors (Lipinski definition) is 1. The zero-order valence-electron chi connectivity index (χ0n) is 21.8. The number of hydrogen-bond acceptors (Lipinski definition) is 4. The number of aryl methyl sites for hydroxylation is 1. The first-order valence-electron chi connectivity index (χ1n) is 12.3. The van der Waals surface area contributed by atoms with Crippen molar-refractivity contribution >= 4 is 23.1 Å². The van der Waals surface area contributed by atoms with Crippen LogP contribution < -0.4 is 5.32 Å². The zero-order valence-corrected chi connectivity index (χ0v) is 21.8. The molecule has 202 valence electrons. The van der Waals surface area contributed by atoms with Gasteiger partial charge in [-0.15, -0.1) is 0 Å². The summed E-state index contributed by atoms with van der Waals surface area (Å²) in [6.07, 6.45) is -1.24. The Morgan fingerprint density at radius 1 is 0.900 bits per heavy atom. The van der Waals surface area contributed by atoms with Crippen molar-refractivity contribution in [2.75, 3.05) is 19.4 Å². The van der Waals surface area contributed by atoms with Gasteiger partial charge in [0.2, 0.25) is 0 Å². The Bertz CT molecular complexity index is 1760. The number of halogens is 3. The van der Waals surface area contributed by atoms with Gasteiger partial charge < -0.3 is 10.2 Å². The van der Waals surface area contributed by atoms with Crippen molar-refractivity contribution in [1.82, 2.24) is 19.5 Å². The Morgan fingerprint density at radius 3 is 2.40 bits per heavy atom. The molecule has 5 rings (SSSR count). The van der Waals surface area contributed by atoms with E-state index < -0.39 is 17.6 Å². The number of rotatable bonds is 5. The van der Waals surface area contributed by atoms with Gasteiger partial charge in [0.15, 0.2) is 5.65 Å². The molecule has 0 atom stereocenters. The van der Waals surface area contributed by atoms with Crippen LogP contribution in [0.25, 0.3) is 28.0 Å². The van der Waals surface area contributed by atoms with Gasteiger partial charge in [-0.3, -0.25) is 9.59 Å². The van der Waals surface area contributed by atoms with Gasteiger partial charge in [0, 0.05) is 48.2 Å². The van der Waals surface area contributed by atoms with E-state index in [1.54, 1.807) is 73.5 Å². The molecular weight excluding hydrogens is 519 g/mol. The summed E-state index contributed by atoms with van der Waals surface area (Å²) in [6.45, 7) is 1.35. The Labute approximate surface area is 227 Å². The Kier molecular flexibility index (Phi) is 6.85. The van der Waals surface area contributed by atoms with Crippen molar-refractivity contribution in [2.45, 2.75) is 13.1 Å². The van der Waals surface area contributed by atoms with Crippen LogP contribution in [0.15, 0.2) is 85.2 Å². The van der Waals surface area contributed by atoms with Gasteiger partial charge in [-0.25, -0.2) is 9.50 Å². The van der Waals surface area contributed by atoms with Crippen LogP contribution in [0.2, 0.25) is 0 Å². The third-order valence-electron chi connectivity index (χ3n) is 6.45. The lowest BCUT2D eigenvalue weighted by Gasteiger charge is -2.13. The van der Waals surface area contributed by atoms with Crippen LogP contribution in [0, 0.1) is 6.92 Å². The maximum Gasteiger partial charge on any atom is 0.416 e. The van der Waals surface area contributed by atoms with Gasteiger partial charge in [0.25, 0.3) is 11.8 Å². The van der Waals surface area contributed by atoms with Crippen LogP contribution in [0.3, 0.4) is 0 Å². The Morgan fingerprint density at radius 2 is 1.65 bits per heavy atom. The van der Waals surface area contributed by atoms with Crippen molar-refractivity contribution in [3.8, 4) is 22.4 Å². The fourth-order valence-corrected chi connectivity index (χ4v) is 4.42. The number of carbonyl (C=O) groups excluding carboxylic acids is 2. The van der Waals surface area contributed by atoms with Gasteiger partial charge in [-0.05, 0) is 60.5 Å². The average Bonchev–Trinajstić information content (AvgIpc) is 3.37. The molecule has 0 aliphatic carbocycles. The minimum absolute atomic E-state index is 0.0439. The Balaban J connectivity index is 1.46. The van der Waals surface area contributed by atoms with Crippen LogP contribution in [0.4, 0.5) is 18.9 Å². The molecule has 10 heteroatoms. The van der Waals surface area contributed by atoms with Crippen molar-refractivity contribution in [1.29, 1.82) is 0 Å². The minimum Gasteiger partial charge on any atom is -0.345 e. The van der Waals surface area contributed by atoms with E-state index in [0.29, 0.717) is 28.2 Å². The van der Waals surface area contributed by atoms with Crippen LogP contribution in [-0.2, 0) is 6.18 Å². The molecule has 0 saturated heterocycles. The third kappa shape index (κ3) is 5.15. The average molecular weight is 544 g/mol. The van der Waals surface area contributed by atoms with Crippen LogP contribution in [0.5, 0.6) is 0 Å². The van der Waals surface area contributed by atoms with Crippen LogP contribution in [-0.4, -0.2) is 45.4 Å². The highest BCUT2D eigenvalue weighted by molar-refractivity contribution is 6.04. The summed E-state index contributed by atoms with van der Waals surface area (Å²) >= 11 is 0. The number of fused-ring (bicyclic) bond motifs is 1. The summed E-state index contributed by atoms with van der Waals surface area (Å²) in [7, 11) is 3.38. The number of nitrogens with one attached hydrogen (secondary N) is 1. The molecule has 0 spiro atoms. The lowest BCUT2D eigenvalue weighted by Crippen LogP contribution is -2.21. The first-order chi connectivity index (χ1) is 19.0. The highest BCUT2D eigenvalue weighted by atomic mass is 19.4. The normalized spacial score (nSPS) is 11.4. The molecule has 3 aromatic carbocycles. The maximum atomic E-state index is 13.3. The van der Waals surface area contributed by atoms with Gasteiger partial charge in [0.1, 0.15) is 0 Å². The second-order valence-corrected chi connectivity index (χ2v) is 9.47. The summed E-state index contributed by atoms with van der Waals surface area (Å²) in [5.74, 6) is -0.776. The molecule has 1 N–H and O–H groups in total. The summed E-state index contributed by atoms with van der Waals surface area (Å²) in [5.41, 5.74) is 3.52. The van der Waals surface area contributed by atoms with Crippen molar-refractivity contribution in [3.05, 3.63) is 107 Å². The van der Waals surface area contributed by atoms with E-state index in [4.69, 9.17) is 0 Å². The molecule has 0 saturated carbocycles. The van der Waals surface area contributed by atoms with E-state index in [9.17, 15) is 22.8 Å². The number of anilines is 1. The van der Waals surface area contributed by atoms with E-state index in [2.05, 4.69) is 15.4 Å². The highest BCUT2D eigenvalue weighted by Crippen LogP contribution is 2.33. The molecule has 2 amide bonds. The predicted octanol–water partition coefficient (Wildman–Crippen LogP) is 6.34. The first-order valence-corrected chi connectivity index (χ1v) is 12.3. The molecule has 0 aliphatic rings. The maximum absolute atomic E-state index is 13.3. The molecule has 0 unspecified atom stereocenters. The quantitative estimate of drug-likeness (QED) is 0.280. The van der Waals surface area contributed by atoms with Crippen LogP contribution in [0.1, 0.15) is 31.8 Å². The lowest BCUT2D eigenvalue weighted by atomic mass is 10.0. The molecule has 0 aliphatic heterocycles. The Hall–Kier alpha value is -4.99. The smallest absolute Gasteiger partial charge is 0.345 e. The fraction of sp³-hybridized carbons (Fsp3) is 0.133. The summed E-state index contributed by atoms with van der Waals surface area (Å²) in [5, 5.41) is 7.21. The molecule has 40 heavy (non-hydrogen) atoms. The molecule has 0 radical (unpaired) electrons. The molecule has 2 aromatic heterocycles.